The third-order valence-electron chi connectivity index (χ3n) is 3.42. The molecule has 1 saturated carbocycles. The molecular formula is C12H11F2NO. The lowest BCUT2D eigenvalue weighted by Gasteiger charge is -2.15. The maximum Gasteiger partial charge on any atom is 0.169 e. The fourth-order valence-electron chi connectivity index (χ4n) is 2.31. The second-order valence-corrected chi connectivity index (χ2v) is 4.36. The summed E-state index contributed by atoms with van der Waals surface area (Å²) in [6, 6.07) is 2.49. The summed E-state index contributed by atoms with van der Waals surface area (Å²) in [6.45, 7) is 0.385. The predicted molar refractivity (Wildman–Crippen MR) is 56.1 cm³/mol. The van der Waals surface area contributed by atoms with Gasteiger partial charge in [-0.25, -0.2) is 8.78 Å². The van der Waals surface area contributed by atoms with E-state index in [1.54, 1.807) is 6.07 Å². The Morgan fingerprint density at radius 2 is 2.06 bits per heavy atom. The number of rotatable bonds is 2. The Morgan fingerprint density at radius 3 is 2.69 bits per heavy atom. The van der Waals surface area contributed by atoms with Crippen LogP contribution in [0.2, 0.25) is 0 Å². The summed E-state index contributed by atoms with van der Waals surface area (Å²) >= 11 is 0. The van der Waals surface area contributed by atoms with E-state index in [-0.39, 0.29) is 11.0 Å². The lowest BCUT2D eigenvalue weighted by molar-refractivity contribution is 0.533. The highest BCUT2D eigenvalue weighted by molar-refractivity contribution is 5.83. The zero-order chi connectivity index (χ0) is 11.3. The molecule has 84 valence electrons. The molecule has 4 heteroatoms. The van der Waals surface area contributed by atoms with Gasteiger partial charge in [0.2, 0.25) is 0 Å². The highest BCUT2D eigenvalue weighted by atomic mass is 19.1. The molecule has 2 N–H and O–H groups in total. The predicted octanol–water partition coefficient (Wildman–Crippen LogP) is 2.70. The van der Waals surface area contributed by atoms with Gasteiger partial charge < -0.3 is 10.2 Å². The lowest BCUT2D eigenvalue weighted by atomic mass is 9.92. The number of fused-ring (bicyclic) bond motifs is 1. The fraction of sp³-hybridized carbons (Fsp3) is 0.333. The van der Waals surface area contributed by atoms with E-state index in [2.05, 4.69) is 0 Å². The molecule has 1 aromatic heterocycles. The molecule has 0 unspecified atom stereocenters. The molecule has 0 atom stereocenters. The Labute approximate surface area is 91.0 Å². The maximum atomic E-state index is 13.8. The topological polar surface area (TPSA) is 39.2 Å². The largest absolute Gasteiger partial charge is 0.461 e. The number of furan rings is 1. The summed E-state index contributed by atoms with van der Waals surface area (Å²) < 4.78 is 32.3. The normalized spacial score (nSPS) is 17.9. The van der Waals surface area contributed by atoms with Crippen molar-refractivity contribution in [3.8, 4) is 0 Å². The van der Waals surface area contributed by atoms with E-state index in [1.807, 2.05) is 0 Å². The van der Waals surface area contributed by atoms with Crippen LogP contribution in [0.4, 0.5) is 8.78 Å². The summed E-state index contributed by atoms with van der Waals surface area (Å²) in [5.74, 6) is -1.18. The average molecular weight is 223 g/mol. The molecule has 1 heterocycles. The number of benzene rings is 1. The highest BCUT2D eigenvalue weighted by Gasteiger charge is 2.46. The minimum absolute atomic E-state index is 0.121. The SMILES string of the molecule is NCC1(c2c(F)cc(F)c3occc23)CC1. The Bertz CT molecular complexity index is 557. The van der Waals surface area contributed by atoms with E-state index >= 15 is 0 Å². The molecule has 0 aliphatic heterocycles. The van der Waals surface area contributed by atoms with E-state index in [4.69, 9.17) is 10.2 Å². The summed E-state index contributed by atoms with van der Waals surface area (Å²) in [7, 11) is 0. The van der Waals surface area contributed by atoms with E-state index in [9.17, 15) is 8.78 Å². The number of hydrogen-bond donors (Lipinski definition) is 1. The van der Waals surface area contributed by atoms with E-state index in [1.165, 1.54) is 6.26 Å². The molecule has 2 nitrogen and oxygen atoms in total. The van der Waals surface area contributed by atoms with Crippen molar-refractivity contribution in [3.63, 3.8) is 0 Å². The fourth-order valence-corrected chi connectivity index (χ4v) is 2.31. The third-order valence-corrected chi connectivity index (χ3v) is 3.42. The standard InChI is InChI=1S/C12H11F2NO/c13-8-5-9(14)11-7(1-4-16-11)10(8)12(6-15)2-3-12/h1,4-5H,2-3,6,15H2. The van der Waals surface area contributed by atoms with Gasteiger partial charge in [-0.2, -0.15) is 0 Å². The summed E-state index contributed by atoms with van der Waals surface area (Å²) in [5, 5.41) is 0.514. The van der Waals surface area contributed by atoms with Gasteiger partial charge in [0.25, 0.3) is 0 Å². The first-order chi connectivity index (χ1) is 7.68. The molecule has 0 spiro atoms. The first-order valence-electron chi connectivity index (χ1n) is 5.24. The van der Waals surface area contributed by atoms with Gasteiger partial charge in [-0.05, 0) is 18.9 Å². The van der Waals surface area contributed by atoms with Crippen molar-refractivity contribution in [2.45, 2.75) is 18.3 Å². The summed E-state index contributed by atoms with van der Waals surface area (Å²) in [4.78, 5) is 0. The summed E-state index contributed by atoms with van der Waals surface area (Å²) in [6.07, 6.45) is 3.09. The van der Waals surface area contributed by atoms with Crippen molar-refractivity contribution < 1.29 is 13.2 Å². The van der Waals surface area contributed by atoms with Crippen molar-refractivity contribution in [1.29, 1.82) is 0 Å². The van der Waals surface area contributed by atoms with Gasteiger partial charge in [0.1, 0.15) is 5.82 Å². The van der Waals surface area contributed by atoms with Crippen LogP contribution in [0.25, 0.3) is 11.0 Å². The number of hydrogen-bond acceptors (Lipinski definition) is 2. The van der Waals surface area contributed by atoms with Gasteiger partial charge in [-0.15, -0.1) is 0 Å². The van der Waals surface area contributed by atoms with Gasteiger partial charge in [0, 0.05) is 29.0 Å². The first-order valence-corrected chi connectivity index (χ1v) is 5.24. The van der Waals surface area contributed by atoms with E-state index in [0.29, 0.717) is 17.5 Å². The molecule has 3 rings (SSSR count). The molecule has 2 aromatic rings. The average Bonchev–Trinajstić information content (AvgIpc) is 2.87. The zero-order valence-corrected chi connectivity index (χ0v) is 8.59. The van der Waals surface area contributed by atoms with Gasteiger partial charge in [0.05, 0.1) is 6.26 Å². The van der Waals surface area contributed by atoms with Gasteiger partial charge in [0.15, 0.2) is 11.4 Å². The molecule has 0 saturated heterocycles. The minimum atomic E-state index is -0.658. The van der Waals surface area contributed by atoms with Gasteiger partial charge >= 0.3 is 0 Å². The highest BCUT2D eigenvalue weighted by Crippen LogP contribution is 2.50. The molecule has 1 aromatic carbocycles. The van der Waals surface area contributed by atoms with Crippen LogP contribution in [0.3, 0.4) is 0 Å². The molecule has 1 fully saturated rings. The van der Waals surface area contributed by atoms with Crippen molar-refractivity contribution in [2.24, 2.45) is 5.73 Å². The van der Waals surface area contributed by atoms with Crippen LogP contribution < -0.4 is 5.73 Å². The van der Waals surface area contributed by atoms with Crippen LogP contribution in [-0.4, -0.2) is 6.54 Å². The van der Waals surface area contributed by atoms with Crippen molar-refractivity contribution in [3.05, 3.63) is 35.6 Å². The van der Waals surface area contributed by atoms with E-state index < -0.39 is 11.6 Å². The Balaban J connectivity index is 2.35. The van der Waals surface area contributed by atoms with Gasteiger partial charge in [-0.3, -0.25) is 0 Å². The van der Waals surface area contributed by atoms with Crippen LogP contribution in [0.5, 0.6) is 0 Å². The maximum absolute atomic E-state index is 13.8. The molecular weight excluding hydrogens is 212 g/mol. The second-order valence-electron chi connectivity index (χ2n) is 4.36. The first kappa shape index (κ1) is 9.78. The Morgan fingerprint density at radius 1 is 1.31 bits per heavy atom. The minimum Gasteiger partial charge on any atom is -0.461 e. The third kappa shape index (κ3) is 1.13. The van der Waals surface area contributed by atoms with Crippen molar-refractivity contribution in [1.82, 2.24) is 0 Å². The molecule has 16 heavy (non-hydrogen) atoms. The summed E-state index contributed by atoms with van der Waals surface area (Å²) in [5.41, 5.74) is 6.01. The zero-order valence-electron chi connectivity index (χ0n) is 8.59. The van der Waals surface area contributed by atoms with Crippen LogP contribution in [0.1, 0.15) is 18.4 Å². The van der Waals surface area contributed by atoms with Gasteiger partial charge in [-0.1, -0.05) is 0 Å². The smallest absolute Gasteiger partial charge is 0.169 e. The number of halogens is 2. The monoisotopic (exact) mass is 223 g/mol. The molecule has 1 aliphatic carbocycles. The lowest BCUT2D eigenvalue weighted by Crippen LogP contribution is -2.21. The molecule has 1 aliphatic rings. The molecule has 0 radical (unpaired) electrons. The van der Waals surface area contributed by atoms with Crippen LogP contribution in [0, 0.1) is 11.6 Å². The quantitative estimate of drug-likeness (QED) is 0.850. The Hall–Kier alpha value is -1.42. The Kier molecular flexibility index (Phi) is 1.86. The van der Waals surface area contributed by atoms with Crippen molar-refractivity contribution in [2.75, 3.05) is 6.54 Å². The number of nitrogens with two attached hydrogens (primary N) is 1. The van der Waals surface area contributed by atoms with Crippen LogP contribution in [0.15, 0.2) is 22.8 Å². The molecule has 0 amide bonds. The van der Waals surface area contributed by atoms with E-state index in [0.717, 1.165) is 18.9 Å². The molecule has 0 bridgehead atoms. The second kappa shape index (κ2) is 3.04. The van der Waals surface area contributed by atoms with Crippen molar-refractivity contribution >= 4 is 11.0 Å². The van der Waals surface area contributed by atoms with Crippen LogP contribution in [-0.2, 0) is 5.41 Å². The van der Waals surface area contributed by atoms with Crippen LogP contribution >= 0.6 is 0 Å².